The number of carbonyl (C=O) groups excluding carboxylic acids is 1. The van der Waals surface area contributed by atoms with E-state index in [9.17, 15) is 13.6 Å². The third kappa shape index (κ3) is 2.16. The van der Waals surface area contributed by atoms with Gasteiger partial charge in [0.25, 0.3) is 0 Å². The smallest absolute Gasteiger partial charge is 0.168 e. The fourth-order valence-corrected chi connectivity index (χ4v) is 1.14. The summed E-state index contributed by atoms with van der Waals surface area (Å²) in [7, 11) is 0. The van der Waals surface area contributed by atoms with E-state index in [-0.39, 0.29) is 17.3 Å². The number of ketones is 1. The van der Waals surface area contributed by atoms with Gasteiger partial charge in [-0.3, -0.25) is 4.79 Å². The fraction of sp³-hybridized carbons (Fsp3) is 0.364. The third-order valence-corrected chi connectivity index (χ3v) is 2.25. The molecule has 0 spiro atoms. The van der Waals surface area contributed by atoms with Crippen LogP contribution in [0.3, 0.4) is 0 Å². The molecule has 0 aliphatic rings. The molecule has 0 heterocycles. The molecule has 1 rings (SSSR count). The fourth-order valence-electron chi connectivity index (χ4n) is 1.14. The van der Waals surface area contributed by atoms with E-state index in [1.807, 2.05) is 6.92 Å². The Bertz CT molecular complexity index is 347. The lowest BCUT2D eigenvalue weighted by Gasteiger charge is -2.07. The molecular weight excluding hydrogens is 186 g/mol. The lowest BCUT2D eigenvalue weighted by atomic mass is 9.97. The van der Waals surface area contributed by atoms with Crippen molar-refractivity contribution in [3.05, 3.63) is 35.4 Å². The van der Waals surface area contributed by atoms with E-state index < -0.39 is 11.6 Å². The zero-order chi connectivity index (χ0) is 10.7. The second-order valence-corrected chi connectivity index (χ2v) is 3.30. The number of carbonyl (C=O) groups is 1. The summed E-state index contributed by atoms with van der Waals surface area (Å²) in [6, 6.07) is 2.93. The molecule has 76 valence electrons. The zero-order valence-electron chi connectivity index (χ0n) is 8.18. The molecule has 0 saturated heterocycles. The van der Waals surface area contributed by atoms with Crippen LogP contribution in [0, 0.1) is 17.6 Å². The van der Waals surface area contributed by atoms with Crippen molar-refractivity contribution in [3.8, 4) is 0 Å². The summed E-state index contributed by atoms with van der Waals surface area (Å²) >= 11 is 0. The van der Waals surface area contributed by atoms with Crippen LogP contribution < -0.4 is 0 Å². The molecule has 0 saturated carbocycles. The topological polar surface area (TPSA) is 17.1 Å². The molecular formula is C11H12F2O. The van der Waals surface area contributed by atoms with Crippen LogP contribution in [0.5, 0.6) is 0 Å². The monoisotopic (exact) mass is 198 g/mol. The quantitative estimate of drug-likeness (QED) is 0.681. The van der Waals surface area contributed by atoms with Gasteiger partial charge < -0.3 is 0 Å². The number of halogens is 2. The molecule has 0 N–H and O–H groups in total. The van der Waals surface area contributed by atoms with Crippen molar-refractivity contribution in [1.29, 1.82) is 0 Å². The van der Waals surface area contributed by atoms with Gasteiger partial charge in [0.05, 0.1) is 5.56 Å². The molecule has 0 amide bonds. The first kappa shape index (κ1) is 10.8. The van der Waals surface area contributed by atoms with Gasteiger partial charge in [0, 0.05) is 5.92 Å². The first-order valence-electron chi connectivity index (χ1n) is 4.55. The van der Waals surface area contributed by atoms with Crippen molar-refractivity contribution in [2.75, 3.05) is 0 Å². The van der Waals surface area contributed by atoms with Gasteiger partial charge in [-0.05, 0) is 24.6 Å². The molecule has 0 radical (unpaired) electrons. The summed E-state index contributed by atoms with van der Waals surface area (Å²) in [4.78, 5) is 11.5. The average molecular weight is 198 g/mol. The van der Waals surface area contributed by atoms with Crippen LogP contribution in [0.25, 0.3) is 0 Å². The van der Waals surface area contributed by atoms with E-state index >= 15 is 0 Å². The van der Waals surface area contributed by atoms with Crippen LogP contribution in [0.2, 0.25) is 0 Å². The summed E-state index contributed by atoms with van der Waals surface area (Å²) in [6.07, 6.45) is 0.620. The van der Waals surface area contributed by atoms with Crippen LogP contribution in [0.1, 0.15) is 30.6 Å². The molecule has 0 fully saturated rings. The van der Waals surface area contributed by atoms with E-state index in [4.69, 9.17) is 0 Å². The highest BCUT2D eigenvalue weighted by Gasteiger charge is 2.17. The van der Waals surface area contributed by atoms with E-state index in [0.717, 1.165) is 18.2 Å². The summed E-state index contributed by atoms with van der Waals surface area (Å²) < 4.78 is 25.9. The SMILES string of the molecule is CCC(C)C(=O)c1cc(F)ccc1F. The summed E-state index contributed by atoms with van der Waals surface area (Å²) in [5.74, 6) is -1.86. The van der Waals surface area contributed by atoms with Gasteiger partial charge in [-0.1, -0.05) is 13.8 Å². The number of hydrogen-bond acceptors (Lipinski definition) is 1. The van der Waals surface area contributed by atoms with E-state index in [1.165, 1.54) is 0 Å². The second-order valence-electron chi connectivity index (χ2n) is 3.30. The van der Waals surface area contributed by atoms with Crippen LogP contribution >= 0.6 is 0 Å². The lowest BCUT2D eigenvalue weighted by molar-refractivity contribution is 0.0922. The number of Topliss-reactive ketones (excluding diaryl/α,β-unsaturated/α-hetero) is 1. The average Bonchev–Trinajstić information content (AvgIpc) is 2.19. The van der Waals surface area contributed by atoms with Gasteiger partial charge in [-0.2, -0.15) is 0 Å². The molecule has 0 bridgehead atoms. The maximum Gasteiger partial charge on any atom is 0.168 e. The minimum Gasteiger partial charge on any atom is -0.294 e. The Kier molecular flexibility index (Phi) is 3.33. The maximum atomic E-state index is 13.1. The minimum atomic E-state index is -0.656. The molecule has 0 aliphatic carbocycles. The molecule has 3 heteroatoms. The van der Waals surface area contributed by atoms with Crippen molar-refractivity contribution in [2.45, 2.75) is 20.3 Å². The van der Waals surface area contributed by atoms with Crippen LogP contribution in [-0.2, 0) is 0 Å². The standard InChI is InChI=1S/C11H12F2O/c1-3-7(2)11(14)9-6-8(12)4-5-10(9)13/h4-7H,3H2,1-2H3. The Balaban J connectivity index is 3.06. The van der Waals surface area contributed by atoms with Crippen molar-refractivity contribution in [2.24, 2.45) is 5.92 Å². The molecule has 0 aliphatic heterocycles. The highest BCUT2D eigenvalue weighted by Crippen LogP contribution is 2.16. The third-order valence-electron chi connectivity index (χ3n) is 2.25. The molecule has 1 aromatic carbocycles. The Morgan fingerprint density at radius 2 is 2.07 bits per heavy atom. The largest absolute Gasteiger partial charge is 0.294 e. The van der Waals surface area contributed by atoms with E-state index in [2.05, 4.69) is 0 Å². The maximum absolute atomic E-state index is 13.1. The minimum absolute atomic E-state index is 0.153. The first-order valence-corrected chi connectivity index (χ1v) is 4.55. The van der Waals surface area contributed by atoms with Gasteiger partial charge >= 0.3 is 0 Å². The van der Waals surface area contributed by atoms with Gasteiger partial charge in [0.1, 0.15) is 11.6 Å². The zero-order valence-corrected chi connectivity index (χ0v) is 8.18. The lowest BCUT2D eigenvalue weighted by Crippen LogP contribution is -2.12. The Morgan fingerprint density at radius 1 is 1.43 bits per heavy atom. The first-order chi connectivity index (χ1) is 6.56. The predicted molar refractivity (Wildman–Crippen MR) is 50.1 cm³/mol. The van der Waals surface area contributed by atoms with Gasteiger partial charge in [-0.25, -0.2) is 8.78 Å². The van der Waals surface area contributed by atoms with E-state index in [0.29, 0.717) is 6.42 Å². The molecule has 1 nitrogen and oxygen atoms in total. The van der Waals surface area contributed by atoms with Crippen molar-refractivity contribution in [1.82, 2.24) is 0 Å². The van der Waals surface area contributed by atoms with E-state index in [1.54, 1.807) is 6.92 Å². The molecule has 0 aromatic heterocycles. The highest BCUT2D eigenvalue weighted by molar-refractivity contribution is 5.97. The Labute approximate surface area is 81.7 Å². The van der Waals surface area contributed by atoms with Gasteiger partial charge in [-0.15, -0.1) is 0 Å². The summed E-state index contributed by atoms with van der Waals surface area (Å²) in [5, 5.41) is 0. The van der Waals surface area contributed by atoms with Crippen molar-refractivity contribution < 1.29 is 13.6 Å². The predicted octanol–water partition coefficient (Wildman–Crippen LogP) is 3.19. The number of hydrogen-bond donors (Lipinski definition) is 0. The normalized spacial score (nSPS) is 12.6. The Morgan fingerprint density at radius 3 is 2.64 bits per heavy atom. The van der Waals surface area contributed by atoms with Gasteiger partial charge in [0.2, 0.25) is 0 Å². The summed E-state index contributed by atoms with van der Waals surface area (Å²) in [6.45, 7) is 3.53. The van der Waals surface area contributed by atoms with Crippen LogP contribution in [0.4, 0.5) is 8.78 Å². The van der Waals surface area contributed by atoms with Crippen molar-refractivity contribution >= 4 is 5.78 Å². The second kappa shape index (κ2) is 4.31. The van der Waals surface area contributed by atoms with Crippen molar-refractivity contribution in [3.63, 3.8) is 0 Å². The molecule has 1 atom stereocenters. The van der Waals surface area contributed by atoms with Crippen LogP contribution in [-0.4, -0.2) is 5.78 Å². The summed E-state index contributed by atoms with van der Waals surface area (Å²) in [5.41, 5.74) is -0.153. The molecule has 1 unspecified atom stereocenters. The highest BCUT2D eigenvalue weighted by atomic mass is 19.1. The Hall–Kier alpha value is -1.25. The molecule has 14 heavy (non-hydrogen) atoms. The van der Waals surface area contributed by atoms with Crippen LogP contribution in [0.15, 0.2) is 18.2 Å². The number of rotatable bonds is 3. The number of benzene rings is 1. The van der Waals surface area contributed by atoms with Gasteiger partial charge in [0.15, 0.2) is 5.78 Å². The molecule has 1 aromatic rings.